The molecule has 0 fully saturated rings. The molecule has 0 bridgehead atoms. The number of hydrogen-bond acceptors (Lipinski definition) is 7. The molecule has 82 valence electrons. The average Bonchev–Trinajstić information content (AvgIpc) is 2.59. The van der Waals surface area contributed by atoms with E-state index in [9.17, 15) is 9.59 Å². The maximum atomic E-state index is 11.3. The highest BCUT2D eigenvalue weighted by atomic mass is 32.1. The van der Waals surface area contributed by atoms with Gasteiger partial charge in [-0.15, -0.1) is 11.3 Å². The van der Waals surface area contributed by atoms with Crippen molar-refractivity contribution in [3.05, 3.63) is 11.1 Å². The first-order valence-electron chi connectivity index (χ1n) is 3.84. The third-order valence-corrected chi connectivity index (χ3v) is 2.57. The molecule has 0 spiro atoms. The van der Waals surface area contributed by atoms with E-state index in [1.807, 2.05) is 0 Å². The van der Waals surface area contributed by atoms with Crippen LogP contribution in [0, 0.1) is 4.78 Å². The molecule has 1 unspecified atom stereocenters. The summed E-state index contributed by atoms with van der Waals surface area (Å²) in [4.78, 5) is 25.9. The fourth-order valence-corrected chi connectivity index (χ4v) is 1.76. The number of nitrogens with one attached hydrogen (secondary N) is 1. The molecule has 0 aromatic carbocycles. The monoisotopic (exact) mass is 247 g/mol. The minimum Gasteiger partial charge on any atom is -0.447 e. The molecule has 0 aliphatic heterocycles. The van der Waals surface area contributed by atoms with Gasteiger partial charge in [-0.05, 0) is 11.6 Å². The number of thiazole rings is 1. The Morgan fingerprint density at radius 3 is 2.80 bits per heavy atom. The summed E-state index contributed by atoms with van der Waals surface area (Å²) >= 11 is 0.917. The van der Waals surface area contributed by atoms with Gasteiger partial charge in [0.25, 0.3) is 0 Å². The largest absolute Gasteiger partial charge is 0.447 e. The molecule has 0 radical (unpaired) electrons. The maximum Gasteiger partial charge on any atom is 0.303 e. The van der Waals surface area contributed by atoms with Crippen molar-refractivity contribution >= 4 is 39.1 Å². The highest BCUT2D eigenvalue weighted by Gasteiger charge is 2.24. The van der Waals surface area contributed by atoms with Gasteiger partial charge in [0.15, 0.2) is 5.13 Å². The fourth-order valence-electron chi connectivity index (χ4n) is 0.883. The summed E-state index contributed by atoms with van der Waals surface area (Å²) in [5.74, 6) is -0.594. The van der Waals surface area contributed by atoms with E-state index in [2.05, 4.69) is 4.98 Å². The Hall–Kier alpha value is -1.28. The number of hydrogen-bond donors (Lipinski definition) is 3. The van der Waals surface area contributed by atoms with Gasteiger partial charge in [-0.2, -0.15) is 0 Å². The number of anilines is 1. The van der Waals surface area contributed by atoms with Crippen LogP contribution in [-0.4, -0.2) is 16.1 Å². The topological polar surface area (TPSA) is 106 Å². The number of ether oxygens (including phenoxy) is 1. The number of nitrogen functional groups attached to an aromatic ring is 1. The van der Waals surface area contributed by atoms with Crippen molar-refractivity contribution in [2.45, 2.75) is 13.0 Å². The Balaban J connectivity index is 2.95. The predicted molar refractivity (Wildman–Crippen MR) is 57.5 cm³/mol. The molecule has 0 aliphatic rings. The van der Waals surface area contributed by atoms with Crippen LogP contribution < -0.4 is 5.73 Å². The van der Waals surface area contributed by atoms with Crippen LogP contribution in [-0.2, 0) is 25.9 Å². The van der Waals surface area contributed by atoms with Gasteiger partial charge in [-0.1, -0.05) is 0 Å². The zero-order valence-electron chi connectivity index (χ0n) is 7.76. The number of thiol groups is 1. The molecule has 15 heavy (non-hydrogen) atoms. The molecule has 1 heterocycles. The van der Waals surface area contributed by atoms with Gasteiger partial charge < -0.3 is 10.5 Å². The lowest BCUT2D eigenvalue weighted by Gasteiger charge is -2.10. The smallest absolute Gasteiger partial charge is 0.303 e. The van der Waals surface area contributed by atoms with E-state index in [-0.39, 0.29) is 22.4 Å². The second-order valence-electron chi connectivity index (χ2n) is 2.55. The van der Waals surface area contributed by atoms with Crippen LogP contribution in [0.2, 0.25) is 0 Å². The molecular formula is C7H9N3O3S2. The molecule has 1 rings (SSSR count). The third-order valence-electron chi connectivity index (χ3n) is 1.43. The van der Waals surface area contributed by atoms with Crippen LogP contribution in [0.5, 0.6) is 0 Å². The molecule has 0 saturated carbocycles. The van der Waals surface area contributed by atoms with E-state index in [4.69, 9.17) is 15.3 Å². The minimum absolute atomic E-state index is 0.230. The molecule has 8 heteroatoms. The first-order valence-corrected chi connectivity index (χ1v) is 5.61. The number of carbonyl (C=O) groups excluding carboxylic acids is 2. The van der Waals surface area contributed by atoms with Crippen LogP contribution >= 0.6 is 11.3 Å². The fraction of sp³-hybridized carbons (Fsp3) is 0.286. The van der Waals surface area contributed by atoms with Crippen molar-refractivity contribution < 1.29 is 14.3 Å². The SMILES string of the molecule is CC(=O)OC(C(=O)[SH]=N)c1csc(N)n1. The van der Waals surface area contributed by atoms with E-state index in [0.717, 1.165) is 11.3 Å². The molecule has 0 aliphatic carbocycles. The van der Waals surface area contributed by atoms with E-state index < -0.39 is 17.2 Å². The number of aromatic nitrogens is 1. The second-order valence-corrected chi connectivity index (χ2v) is 4.10. The lowest BCUT2D eigenvalue weighted by Crippen LogP contribution is -2.17. The molecule has 1 aromatic rings. The van der Waals surface area contributed by atoms with Gasteiger partial charge in [0.1, 0.15) is 5.69 Å². The summed E-state index contributed by atoms with van der Waals surface area (Å²) in [5.41, 5.74) is 5.67. The minimum atomic E-state index is -1.12. The Labute approximate surface area is 93.4 Å². The van der Waals surface area contributed by atoms with Gasteiger partial charge >= 0.3 is 5.97 Å². The standard InChI is InChI=1S/C7H9N3O3S2/c1-3(11)13-5(6(12)15-9)4-2-14-7(8)10-4/h2,5,9,15H,1H3,(H2,8,10). The Morgan fingerprint density at radius 1 is 1.73 bits per heavy atom. The molecule has 0 saturated heterocycles. The summed E-state index contributed by atoms with van der Waals surface area (Å²) in [6, 6.07) is 0. The first kappa shape index (κ1) is 11.8. The molecular weight excluding hydrogens is 238 g/mol. The summed E-state index contributed by atoms with van der Waals surface area (Å²) < 4.78 is 11.7. The van der Waals surface area contributed by atoms with Crippen molar-refractivity contribution in [3.63, 3.8) is 0 Å². The van der Waals surface area contributed by atoms with E-state index >= 15 is 0 Å². The van der Waals surface area contributed by atoms with Gasteiger partial charge in [0.05, 0.1) is 0 Å². The quantitative estimate of drug-likeness (QED) is 0.530. The number of nitrogens with zero attached hydrogens (tertiary/aromatic N) is 1. The highest BCUT2D eigenvalue weighted by Crippen LogP contribution is 2.22. The Kier molecular flexibility index (Phi) is 3.92. The van der Waals surface area contributed by atoms with E-state index in [1.54, 1.807) is 0 Å². The first-order chi connectivity index (χ1) is 7.04. The van der Waals surface area contributed by atoms with Crippen molar-refractivity contribution in [2.75, 3.05) is 5.73 Å². The Morgan fingerprint density at radius 2 is 2.40 bits per heavy atom. The highest BCUT2D eigenvalue weighted by molar-refractivity contribution is 7.84. The van der Waals surface area contributed by atoms with Crippen molar-refractivity contribution in [2.24, 2.45) is 0 Å². The Bertz CT molecular complexity index is 404. The van der Waals surface area contributed by atoms with Crippen LogP contribution in [0.15, 0.2) is 5.38 Å². The molecule has 6 nitrogen and oxygen atoms in total. The normalized spacial score (nSPS) is 12.1. The molecule has 3 N–H and O–H groups in total. The summed E-state index contributed by atoms with van der Waals surface area (Å²) in [5, 5.41) is 1.28. The van der Waals surface area contributed by atoms with Crippen molar-refractivity contribution in [1.82, 2.24) is 4.98 Å². The maximum absolute atomic E-state index is 11.3. The van der Waals surface area contributed by atoms with Gasteiger partial charge in [0.2, 0.25) is 11.2 Å². The number of esters is 1. The van der Waals surface area contributed by atoms with Crippen LogP contribution in [0.1, 0.15) is 18.7 Å². The second kappa shape index (κ2) is 4.99. The lowest BCUT2D eigenvalue weighted by atomic mass is 10.3. The van der Waals surface area contributed by atoms with Crippen LogP contribution in [0.3, 0.4) is 0 Å². The number of carbonyl (C=O) groups is 2. The third kappa shape index (κ3) is 3.10. The summed E-state index contributed by atoms with van der Waals surface area (Å²) in [6.45, 7) is 1.19. The molecule has 0 amide bonds. The van der Waals surface area contributed by atoms with Gasteiger partial charge in [-0.3, -0.25) is 14.4 Å². The van der Waals surface area contributed by atoms with E-state index in [1.165, 1.54) is 12.3 Å². The van der Waals surface area contributed by atoms with Gasteiger partial charge in [0, 0.05) is 12.3 Å². The van der Waals surface area contributed by atoms with Gasteiger partial charge in [-0.25, -0.2) is 4.98 Å². The molecule has 1 aromatic heterocycles. The summed E-state index contributed by atoms with van der Waals surface area (Å²) in [7, 11) is 0. The predicted octanol–water partition coefficient (Wildman–Crippen LogP) is 0.433. The molecule has 1 atom stereocenters. The van der Waals surface area contributed by atoms with Crippen LogP contribution in [0.4, 0.5) is 5.13 Å². The lowest BCUT2D eigenvalue weighted by molar-refractivity contribution is -0.150. The average molecular weight is 247 g/mol. The van der Waals surface area contributed by atoms with E-state index in [0.29, 0.717) is 0 Å². The van der Waals surface area contributed by atoms with Crippen molar-refractivity contribution in [1.29, 1.82) is 4.78 Å². The number of nitrogens with two attached hydrogens (primary N) is 1. The van der Waals surface area contributed by atoms with Crippen molar-refractivity contribution in [3.8, 4) is 0 Å². The van der Waals surface area contributed by atoms with Crippen LogP contribution in [0.25, 0.3) is 0 Å². The number of rotatable bonds is 3. The summed E-state index contributed by atoms with van der Waals surface area (Å²) in [6.07, 6.45) is -1.12. The zero-order chi connectivity index (χ0) is 11.4. The zero-order valence-corrected chi connectivity index (χ0v) is 9.47.